The molecule has 0 radical (unpaired) electrons. The van der Waals surface area contributed by atoms with Gasteiger partial charge in [0.1, 0.15) is 12.0 Å². The van der Waals surface area contributed by atoms with Gasteiger partial charge in [0.25, 0.3) is 0 Å². The Hall–Kier alpha value is -2.98. The molecule has 0 bridgehead atoms. The molecule has 0 spiro atoms. The molecule has 0 aliphatic carbocycles. The second-order valence-electron chi connectivity index (χ2n) is 7.29. The van der Waals surface area contributed by atoms with E-state index in [1.165, 1.54) is 6.07 Å². The molecule has 10 heteroatoms. The van der Waals surface area contributed by atoms with E-state index in [0.29, 0.717) is 30.4 Å². The lowest BCUT2D eigenvalue weighted by Gasteiger charge is -2.29. The zero-order valence-electron chi connectivity index (χ0n) is 16.7. The highest BCUT2D eigenvalue weighted by Crippen LogP contribution is 2.34. The number of ether oxygens (including phenoxy) is 1. The Morgan fingerprint density at radius 2 is 1.84 bits per heavy atom. The van der Waals surface area contributed by atoms with E-state index < -0.39 is 23.7 Å². The number of aromatic nitrogens is 2. The smallest absolute Gasteiger partial charge is 0.378 e. The number of hydrogen-bond donors (Lipinski definition) is 2. The SMILES string of the molecule is Cc1nnc(N[C@H](N)c2cccc(C(F)(F)F)c2F)c2cc(N3CCOCC3)ccc12. The van der Waals surface area contributed by atoms with Gasteiger partial charge in [0.15, 0.2) is 5.82 Å². The van der Waals surface area contributed by atoms with E-state index in [-0.39, 0.29) is 11.4 Å². The second kappa shape index (κ2) is 8.27. The van der Waals surface area contributed by atoms with Crippen LogP contribution in [0.1, 0.15) is 23.0 Å². The van der Waals surface area contributed by atoms with Crippen LogP contribution in [-0.4, -0.2) is 36.5 Å². The van der Waals surface area contributed by atoms with Crippen LogP contribution in [0, 0.1) is 12.7 Å². The summed E-state index contributed by atoms with van der Waals surface area (Å²) in [5.41, 5.74) is 6.00. The van der Waals surface area contributed by atoms with Crippen LogP contribution in [0.25, 0.3) is 10.8 Å². The molecule has 0 unspecified atom stereocenters. The number of anilines is 2. The van der Waals surface area contributed by atoms with Crippen molar-refractivity contribution in [1.29, 1.82) is 0 Å². The van der Waals surface area contributed by atoms with Gasteiger partial charge in [-0.15, -0.1) is 5.10 Å². The third-order valence-corrected chi connectivity index (χ3v) is 5.29. The summed E-state index contributed by atoms with van der Waals surface area (Å²) in [4.78, 5) is 2.16. The molecule has 4 rings (SSSR count). The number of halogens is 4. The second-order valence-corrected chi connectivity index (χ2v) is 7.29. The van der Waals surface area contributed by atoms with Crippen LogP contribution in [-0.2, 0) is 10.9 Å². The molecule has 164 valence electrons. The predicted octanol–water partition coefficient (Wildman–Crippen LogP) is 4.00. The van der Waals surface area contributed by atoms with E-state index in [9.17, 15) is 17.6 Å². The Kier molecular flexibility index (Phi) is 5.67. The number of benzene rings is 2. The Morgan fingerprint density at radius 3 is 2.55 bits per heavy atom. The van der Waals surface area contributed by atoms with E-state index in [2.05, 4.69) is 20.4 Å². The number of aryl methyl sites for hydroxylation is 1. The Balaban J connectivity index is 1.70. The molecule has 6 nitrogen and oxygen atoms in total. The fourth-order valence-corrected chi connectivity index (χ4v) is 3.64. The summed E-state index contributed by atoms with van der Waals surface area (Å²) < 4.78 is 59.1. The predicted molar refractivity (Wildman–Crippen MR) is 109 cm³/mol. The van der Waals surface area contributed by atoms with Gasteiger partial charge in [0, 0.05) is 35.1 Å². The first-order valence-corrected chi connectivity index (χ1v) is 9.73. The standard InChI is InChI=1S/C21H21F4N5O/c1-12-14-6-5-13(30-7-9-31-10-8-30)11-16(14)20(29-28-12)27-19(26)15-3-2-4-17(18(15)22)21(23,24)25/h2-6,11,19H,7-10,26H2,1H3,(H,27,29)/t19-/m0/s1. The number of nitrogens with two attached hydrogens (primary N) is 1. The number of nitrogens with one attached hydrogen (secondary N) is 1. The molecule has 0 amide bonds. The van der Waals surface area contributed by atoms with E-state index in [1.54, 1.807) is 6.92 Å². The zero-order valence-corrected chi connectivity index (χ0v) is 16.7. The number of alkyl halides is 3. The quantitative estimate of drug-likeness (QED) is 0.477. The van der Waals surface area contributed by atoms with Crippen LogP contribution in [0.15, 0.2) is 36.4 Å². The topological polar surface area (TPSA) is 76.3 Å². The largest absolute Gasteiger partial charge is 0.419 e. The first-order valence-electron chi connectivity index (χ1n) is 9.73. The monoisotopic (exact) mass is 435 g/mol. The summed E-state index contributed by atoms with van der Waals surface area (Å²) in [5.74, 6) is -1.14. The van der Waals surface area contributed by atoms with Crippen LogP contribution >= 0.6 is 0 Å². The summed E-state index contributed by atoms with van der Waals surface area (Å²) in [6, 6.07) is 8.81. The van der Waals surface area contributed by atoms with Gasteiger partial charge in [0.2, 0.25) is 0 Å². The minimum absolute atomic E-state index is 0.264. The van der Waals surface area contributed by atoms with Crippen molar-refractivity contribution >= 4 is 22.3 Å². The lowest BCUT2D eigenvalue weighted by molar-refractivity contribution is -0.140. The lowest BCUT2D eigenvalue weighted by atomic mass is 10.1. The lowest BCUT2D eigenvalue weighted by Crippen LogP contribution is -2.36. The maximum atomic E-state index is 14.5. The van der Waals surface area contributed by atoms with Gasteiger partial charge in [-0.25, -0.2) is 4.39 Å². The van der Waals surface area contributed by atoms with Crippen molar-refractivity contribution < 1.29 is 22.3 Å². The van der Waals surface area contributed by atoms with E-state index >= 15 is 0 Å². The molecule has 3 N–H and O–H groups in total. The molecule has 31 heavy (non-hydrogen) atoms. The molecule has 1 aromatic heterocycles. The molecule has 1 saturated heterocycles. The molecular weight excluding hydrogens is 414 g/mol. The van der Waals surface area contributed by atoms with Gasteiger partial charge in [-0.3, -0.25) is 0 Å². The number of rotatable bonds is 4. The first-order chi connectivity index (χ1) is 14.8. The molecule has 0 saturated carbocycles. The summed E-state index contributed by atoms with van der Waals surface area (Å²) in [6.45, 7) is 4.52. The normalized spacial score (nSPS) is 15.9. The fraction of sp³-hybridized carbons (Fsp3) is 0.333. The van der Waals surface area contributed by atoms with Gasteiger partial charge in [0.05, 0.1) is 24.5 Å². The molecule has 2 heterocycles. The molecule has 1 atom stereocenters. The van der Waals surface area contributed by atoms with Gasteiger partial charge in [-0.1, -0.05) is 18.2 Å². The Bertz CT molecular complexity index is 1100. The summed E-state index contributed by atoms with van der Waals surface area (Å²) in [7, 11) is 0. The summed E-state index contributed by atoms with van der Waals surface area (Å²) in [6.07, 6.45) is -6.07. The van der Waals surface area contributed by atoms with Gasteiger partial charge < -0.3 is 20.7 Å². The van der Waals surface area contributed by atoms with E-state index in [0.717, 1.165) is 30.2 Å². The highest BCUT2D eigenvalue weighted by Gasteiger charge is 2.35. The Morgan fingerprint density at radius 1 is 1.10 bits per heavy atom. The summed E-state index contributed by atoms with van der Waals surface area (Å²) in [5, 5.41) is 12.6. The highest BCUT2D eigenvalue weighted by molar-refractivity contribution is 5.95. The van der Waals surface area contributed by atoms with Crippen molar-refractivity contribution in [2.24, 2.45) is 5.73 Å². The zero-order chi connectivity index (χ0) is 22.2. The summed E-state index contributed by atoms with van der Waals surface area (Å²) >= 11 is 0. The van der Waals surface area contributed by atoms with Crippen molar-refractivity contribution in [2.75, 3.05) is 36.5 Å². The van der Waals surface area contributed by atoms with Crippen LogP contribution in [0.4, 0.5) is 29.1 Å². The average molecular weight is 435 g/mol. The molecule has 1 aliphatic rings. The van der Waals surface area contributed by atoms with Gasteiger partial charge in [-0.2, -0.15) is 18.3 Å². The van der Waals surface area contributed by atoms with Crippen molar-refractivity contribution in [3.8, 4) is 0 Å². The molecular formula is C21H21F4N5O. The van der Waals surface area contributed by atoms with Crippen LogP contribution < -0.4 is 16.0 Å². The highest BCUT2D eigenvalue weighted by atomic mass is 19.4. The van der Waals surface area contributed by atoms with E-state index in [1.807, 2.05) is 18.2 Å². The molecule has 3 aromatic rings. The first kappa shape index (κ1) is 21.3. The maximum Gasteiger partial charge on any atom is 0.419 e. The van der Waals surface area contributed by atoms with Crippen molar-refractivity contribution in [2.45, 2.75) is 19.3 Å². The van der Waals surface area contributed by atoms with Gasteiger partial charge >= 0.3 is 6.18 Å². The third kappa shape index (κ3) is 4.26. The van der Waals surface area contributed by atoms with Gasteiger partial charge in [-0.05, 0) is 25.1 Å². The van der Waals surface area contributed by atoms with Crippen molar-refractivity contribution in [3.63, 3.8) is 0 Å². The van der Waals surface area contributed by atoms with Crippen LogP contribution in [0.5, 0.6) is 0 Å². The number of fused-ring (bicyclic) bond motifs is 1. The van der Waals surface area contributed by atoms with Crippen LogP contribution in [0.3, 0.4) is 0 Å². The molecule has 1 fully saturated rings. The fourth-order valence-electron chi connectivity index (χ4n) is 3.64. The minimum atomic E-state index is -4.82. The molecule has 1 aliphatic heterocycles. The van der Waals surface area contributed by atoms with Crippen LogP contribution in [0.2, 0.25) is 0 Å². The number of nitrogens with zero attached hydrogens (tertiary/aromatic N) is 3. The minimum Gasteiger partial charge on any atom is -0.378 e. The van der Waals surface area contributed by atoms with E-state index in [4.69, 9.17) is 10.5 Å². The average Bonchev–Trinajstić information content (AvgIpc) is 2.75. The maximum absolute atomic E-state index is 14.5. The van der Waals surface area contributed by atoms with Crippen molar-refractivity contribution in [3.05, 3.63) is 59.0 Å². The molecule has 2 aromatic carbocycles. The van der Waals surface area contributed by atoms with Crippen molar-refractivity contribution in [1.82, 2.24) is 10.2 Å². The number of hydrogen-bond acceptors (Lipinski definition) is 6. The third-order valence-electron chi connectivity index (χ3n) is 5.29. The Labute approximate surface area is 176 Å². The number of morpholine rings is 1.